The number of halogens is 3. The third kappa shape index (κ3) is 7.51. The first-order valence-corrected chi connectivity index (χ1v) is 12.9. The molecule has 2 aliphatic rings. The molecule has 1 aromatic heterocycles. The average molecular weight is 537 g/mol. The topological polar surface area (TPSA) is 77.8 Å². The molecule has 2 aliphatic heterocycles. The van der Waals surface area contributed by atoms with Crippen molar-refractivity contribution in [3.8, 4) is 0 Å². The zero-order chi connectivity index (χ0) is 26.4. The molecule has 4 rings (SSSR count). The van der Waals surface area contributed by atoms with Crippen molar-refractivity contribution in [3.63, 3.8) is 0 Å². The van der Waals surface area contributed by atoms with Gasteiger partial charge in [0, 0.05) is 57.1 Å². The van der Waals surface area contributed by atoms with Crippen LogP contribution in [0.5, 0.6) is 0 Å². The molecule has 2 saturated heterocycles. The molecule has 0 bridgehead atoms. The molecule has 37 heavy (non-hydrogen) atoms. The van der Waals surface area contributed by atoms with Crippen LogP contribution in [-0.4, -0.2) is 76.6 Å². The fourth-order valence-electron chi connectivity index (χ4n) is 4.76. The lowest BCUT2D eigenvalue weighted by Crippen LogP contribution is -2.47. The standard InChI is InChI=1S/C25H31F3N6O2S/c26-25(27,28)19-3-5-21(6-4-19)32-16-14-31(15-17-32)11-1-2-24(37)33-12-9-20(10-13-33)30-23-8-7-22(18-29-23)34(35)36/h3-8,18,20H,1-2,9-17H2,(H,29,30). The summed E-state index contributed by atoms with van der Waals surface area (Å²) < 4.78 is 38.3. The molecule has 0 amide bonds. The Morgan fingerprint density at radius 3 is 2.30 bits per heavy atom. The van der Waals surface area contributed by atoms with E-state index < -0.39 is 16.7 Å². The minimum Gasteiger partial charge on any atom is -0.369 e. The fourth-order valence-corrected chi connectivity index (χ4v) is 5.09. The zero-order valence-electron chi connectivity index (χ0n) is 20.5. The Bertz CT molecular complexity index is 1050. The van der Waals surface area contributed by atoms with E-state index in [2.05, 4.69) is 25.0 Å². The van der Waals surface area contributed by atoms with Crippen LogP contribution in [0.2, 0.25) is 0 Å². The lowest BCUT2D eigenvalue weighted by molar-refractivity contribution is -0.385. The smallest absolute Gasteiger partial charge is 0.369 e. The number of pyridine rings is 1. The highest BCUT2D eigenvalue weighted by atomic mass is 32.1. The summed E-state index contributed by atoms with van der Waals surface area (Å²) >= 11 is 5.69. The van der Waals surface area contributed by atoms with Crippen LogP contribution in [0.25, 0.3) is 0 Å². The van der Waals surface area contributed by atoms with Crippen molar-refractivity contribution in [2.24, 2.45) is 0 Å². The van der Waals surface area contributed by atoms with Crippen molar-refractivity contribution in [1.29, 1.82) is 0 Å². The Morgan fingerprint density at radius 1 is 1.05 bits per heavy atom. The van der Waals surface area contributed by atoms with E-state index in [0.29, 0.717) is 5.82 Å². The third-order valence-electron chi connectivity index (χ3n) is 6.96. The van der Waals surface area contributed by atoms with Crippen LogP contribution in [0, 0.1) is 10.1 Å². The Balaban J connectivity index is 1.12. The van der Waals surface area contributed by atoms with E-state index in [0.717, 1.165) is 94.3 Å². The number of piperazine rings is 1. The highest BCUT2D eigenvalue weighted by Gasteiger charge is 2.30. The number of nitrogens with one attached hydrogen (secondary N) is 1. The molecule has 2 aromatic rings. The summed E-state index contributed by atoms with van der Waals surface area (Å²) in [7, 11) is 0. The second-order valence-electron chi connectivity index (χ2n) is 9.44. The van der Waals surface area contributed by atoms with Gasteiger partial charge in [0.05, 0.1) is 15.5 Å². The average Bonchev–Trinajstić information content (AvgIpc) is 2.89. The van der Waals surface area contributed by atoms with E-state index >= 15 is 0 Å². The summed E-state index contributed by atoms with van der Waals surface area (Å²) in [6.45, 7) is 6.03. The third-order valence-corrected chi connectivity index (χ3v) is 7.42. The van der Waals surface area contributed by atoms with E-state index in [1.165, 1.54) is 12.3 Å². The van der Waals surface area contributed by atoms with Crippen LogP contribution in [0.3, 0.4) is 0 Å². The first-order chi connectivity index (χ1) is 17.7. The lowest BCUT2D eigenvalue weighted by atomic mass is 10.0. The van der Waals surface area contributed by atoms with Crippen molar-refractivity contribution in [3.05, 3.63) is 58.3 Å². The second kappa shape index (κ2) is 12.0. The normalized spacial score (nSPS) is 17.6. The lowest BCUT2D eigenvalue weighted by Gasteiger charge is -2.37. The number of nitro groups is 1. The number of likely N-dealkylation sites (tertiary alicyclic amines) is 1. The Hall–Kier alpha value is -2.99. The predicted octanol–water partition coefficient (Wildman–Crippen LogP) is 4.81. The van der Waals surface area contributed by atoms with Gasteiger partial charge in [-0.1, -0.05) is 12.2 Å². The van der Waals surface area contributed by atoms with Crippen molar-refractivity contribution < 1.29 is 18.1 Å². The number of anilines is 2. The quantitative estimate of drug-likeness (QED) is 0.293. The van der Waals surface area contributed by atoms with Gasteiger partial charge in [-0.25, -0.2) is 4.98 Å². The number of aromatic nitrogens is 1. The maximum atomic E-state index is 12.8. The van der Waals surface area contributed by atoms with E-state index in [1.807, 2.05) is 0 Å². The summed E-state index contributed by atoms with van der Waals surface area (Å²) in [4.78, 5) is 22.2. The van der Waals surface area contributed by atoms with Crippen molar-refractivity contribution in [1.82, 2.24) is 14.8 Å². The molecule has 0 radical (unpaired) electrons. The maximum Gasteiger partial charge on any atom is 0.416 e. The molecule has 0 atom stereocenters. The highest BCUT2D eigenvalue weighted by molar-refractivity contribution is 7.80. The summed E-state index contributed by atoms with van der Waals surface area (Å²) in [6.07, 6.45) is 0.633. The largest absolute Gasteiger partial charge is 0.416 e. The van der Waals surface area contributed by atoms with Gasteiger partial charge in [0.2, 0.25) is 0 Å². The van der Waals surface area contributed by atoms with E-state index in [-0.39, 0.29) is 11.7 Å². The van der Waals surface area contributed by atoms with Crippen LogP contribution < -0.4 is 10.2 Å². The molecule has 0 saturated carbocycles. The number of piperidine rings is 1. The first kappa shape index (κ1) is 27.1. The minimum absolute atomic E-state index is 0.0215. The highest BCUT2D eigenvalue weighted by Crippen LogP contribution is 2.30. The maximum absolute atomic E-state index is 12.8. The summed E-state index contributed by atoms with van der Waals surface area (Å²) in [5.41, 5.74) is 0.190. The van der Waals surface area contributed by atoms with Crippen molar-refractivity contribution >= 4 is 34.4 Å². The minimum atomic E-state index is -4.31. The molecule has 0 aliphatic carbocycles. The Kier molecular flexibility index (Phi) is 8.80. The van der Waals surface area contributed by atoms with Gasteiger partial charge in [0.25, 0.3) is 5.69 Å². The van der Waals surface area contributed by atoms with Crippen LogP contribution in [0.15, 0.2) is 42.6 Å². The van der Waals surface area contributed by atoms with Gasteiger partial charge in [0.1, 0.15) is 12.0 Å². The molecule has 1 aromatic carbocycles. The number of alkyl halides is 3. The Labute approximate surface area is 219 Å². The molecule has 0 spiro atoms. The molecule has 1 N–H and O–H groups in total. The number of rotatable bonds is 8. The van der Waals surface area contributed by atoms with E-state index in [4.69, 9.17) is 12.2 Å². The molecule has 0 unspecified atom stereocenters. The van der Waals surface area contributed by atoms with Gasteiger partial charge in [-0.3, -0.25) is 15.0 Å². The van der Waals surface area contributed by atoms with Gasteiger partial charge in [-0.05, 0) is 62.6 Å². The second-order valence-corrected chi connectivity index (χ2v) is 9.91. The van der Waals surface area contributed by atoms with Crippen LogP contribution in [0.4, 0.5) is 30.4 Å². The Morgan fingerprint density at radius 2 is 1.73 bits per heavy atom. The molecule has 3 heterocycles. The number of hydrogen-bond donors (Lipinski definition) is 1. The van der Waals surface area contributed by atoms with Crippen LogP contribution in [-0.2, 0) is 6.18 Å². The van der Waals surface area contributed by atoms with E-state index in [1.54, 1.807) is 18.2 Å². The molecule has 8 nitrogen and oxygen atoms in total. The van der Waals surface area contributed by atoms with Crippen molar-refractivity contribution in [2.45, 2.75) is 37.9 Å². The van der Waals surface area contributed by atoms with Gasteiger partial charge in [0.15, 0.2) is 0 Å². The first-order valence-electron chi connectivity index (χ1n) is 12.5. The number of nitrogens with zero attached hydrogens (tertiary/aromatic N) is 5. The van der Waals surface area contributed by atoms with Crippen molar-refractivity contribution in [2.75, 3.05) is 56.0 Å². The number of hydrogen-bond acceptors (Lipinski definition) is 7. The number of thiocarbonyl (C=S) groups is 1. The predicted molar refractivity (Wildman–Crippen MR) is 141 cm³/mol. The molecule has 200 valence electrons. The zero-order valence-corrected chi connectivity index (χ0v) is 21.3. The summed E-state index contributed by atoms with van der Waals surface area (Å²) in [6, 6.07) is 8.75. The van der Waals surface area contributed by atoms with Crippen LogP contribution in [0.1, 0.15) is 31.2 Å². The monoisotopic (exact) mass is 536 g/mol. The fraction of sp³-hybridized carbons (Fsp3) is 0.520. The van der Waals surface area contributed by atoms with Gasteiger partial charge in [-0.15, -0.1) is 0 Å². The van der Waals surface area contributed by atoms with E-state index in [9.17, 15) is 23.3 Å². The molecule has 12 heteroatoms. The van der Waals surface area contributed by atoms with Gasteiger partial charge >= 0.3 is 6.18 Å². The SMILES string of the molecule is O=[N+]([O-])c1ccc(NC2CCN(C(=S)CCCN3CCN(c4ccc(C(F)(F)F)cc4)CC3)CC2)nc1. The molecular formula is C25H31F3N6O2S. The van der Waals surface area contributed by atoms with Gasteiger partial charge < -0.3 is 15.1 Å². The summed E-state index contributed by atoms with van der Waals surface area (Å²) in [5.74, 6) is 0.644. The number of benzene rings is 1. The van der Waals surface area contributed by atoms with Gasteiger partial charge in [-0.2, -0.15) is 13.2 Å². The summed E-state index contributed by atoms with van der Waals surface area (Å²) in [5, 5.41) is 14.1. The molecular weight excluding hydrogens is 505 g/mol. The molecule has 2 fully saturated rings. The van der Waals surface area contributed by atoms with Crippen LogP contribution >= 0.6 is 12.2 Å².